The summed E-state index contributed by atoms with van der Waals surface area (Å²) in [6.45, 7) is 4.83. The van der Waals surface area contributed by atoms with E-state index in [1.54, 1.807) is 12.1 Å². The zero-order valence-electron chi connectivity index (χ0n) is 15.2. The van der Waals surface area contributed by atoms with Crippen LogP contribution in [0, 0.1) is 17.0 Å². The molecule has 1 aliphatic rings. The fourth-order valence-corrected chi connectivity index (χ4v) is 4.66. The van der Waals surface area contributed by atoms with E-state index in [-0.39, 0.29) is 17.6 Å². The van der Waals surface area contributed by atoms with E-state index in [0.29, 0.717) is 11.3 Å². The lowest BCUT2D eigenvalue weighted by atomic mass is 10.0. The lowest BCUT2D eigenvalue weighted by molar-refractivity contribution is -0.384. The fourth-order valence-electron chi connectivity index (χ4n) is 3.60. The molecule has 7 nitrogen and oxygen atoms in total. The van der Waals surface area contributed by atoms with Gasteiger partial charge in [-0.25, -0.2) is 4.98 Å². The van der Waals surface area contributed by atoms with Gasteiger partial charge >= 0.3 is 0 Å². The zero-order chi connectivity index (χ0) is 19.1. The summed E-state index contributed by atoms with van der Waals surface area (Å²) in [7, 11) is 0. The van der Waals surface area contributed by atoms with Crippen molar-refractivity contribution < 1.29 is 9.72 Å². The van der Waals surface area contributed by atoms with Gasteiger partial charge < -0.3 is 4.90 Å². The number of thiazole rings is 1. The van der Waals surface area contributed by atoms with Crippen molar-refractivity contribution in [2.75, 3.05) is 6.54 Å². The van der Waals surface area contributed by atoms with Gasteiger partial charge in [-0.15, -0.1) is 0 Å². The van der Waals surface area contributed by atoms with Crippen LogP contribution >= 0.6 is 11.3 Å². The number of rotatable bonds is 3. The van der Waals surface area contributed by atoms with Gasteiger partial charge in [0.05, 0.1) is 10.6 Å². The van der Waals surface area contributed by atoms with Crippen LogP contribution in [0.15, 0.2) is 30.5 Å². The van der Waals surface area contributed by atoms with E-state index in [4.69, 9.17) is 0 Å². The predicted molar refractivity (Wildman–Crippen MR) is 104 cm³/mol. The average Bonchev–Trinajstić information content (AvgIpc) is 3.21. The third kappa shape index (κ3) is 3.10. The number of carbonyl (C=O) groups excluding carboxylic acids is 1. The molecule has 1 amide bonds. The Hall–Kier alpha value is -2.74. The summed E-state index contributed by atoms with van der Waals surface area (Å²) in [6, 6.07) is 6.70. The summed E-state index contributed by atoms with van der Waals surface area (Å²) in [5, 5.41) is 11.0. The fraction of sp³-hybridized carbons (Fsp3) is 0.368. The number of benzene rings is 1. The predicted octanol–water partition coefficient (Wildman–Crippen LogP) is 4.29. The van der Waals surface area contributed by atoms with Crippen LogP contribution in [0.5, 0.6) is 0 Å². The molecular formula is C19H20N4O3S. The molecule has 1 aromatic carbocycles. The van der Waals surface area contributed by atoms with Crippen LogP contribution < -0.4 is 0 Å². The van der Waals surface area contributed by atoms with Crippen LogP contribution in [-0.2, 0) is 0 Å². The number of hydrogen-bond acceptors (Lipinski definition) is 5. The van der Waals surface area contributed by atoms with Crippen molar-refractivity contribution in [1.29, 1.82) is 0 Å². The number of imidazole rings is 1. The van der Waals surface area contributed by atoms with E-state index in [0.717, 1.165) is 34.9 Å². The Morgan fingerprint density at radius 2 is 2.19 bits per heavy atom. The van der Waals surface area contributed by atoms with E-state index < -0.39 is 4.92 Å². The highest BCUT2D eigenvalue weighted by Gasteiger charge is 2.28. The van der Waals surface area contributed by atoms with Gasteiger partial charge in [0.25, 0.3) is 11.6 Å². The third-order valence-electron chi connectivity index (χ3n) is 5.17. The van der Waals surface area contributed by atoms with Gasteiger partial charge in [0.15, 0.2) is 4.96 Å². The highest BCUT2D eigenvalue weighted by Crippen LogP contribution is 2.30. The summed E-state index contributed by atoms with van der Waals surface area (Å²) in [4.78, 5) is 31.6. The Morgan fingerprint density at radius 3 is 2.89 bits per heavy atom. The number of nitrogens with zero attached hydrogens (tertiary/aromatic N) is 4. The van der Waals surface area contributed by atoms with Crippen molar-refractivity contribution in [3.8, 4) is 11.3 Å². The molecule has 140 valence electrons. The number of amides is 1. The van der Waals surface area contributed by atoms with Crippen LogP contribution in [0.3, 0.4) is 0 Å². The monoisotopic (exact) mass is 384 g/mol. The molecule has 0 radical (unpaired) electrons. The van der Waals surface area contributed by atoms with Crippen molar-refractivity contribution in [3.63, 3.8) is 0 Å². The summed E-state index contributed by atoms with van der Waals surface area (Å²) in [5.74, 6) is 0.0760. The van der Waals surface area contributed by atoms with Crippen molar-refractivity contribution >= 4 is 27.9 Å². The van der Waals surface area contributed by atoms with E-state index in [9.17, 15) is 14.9 Å². The number of piperidine rings is 1. The second-order valence-corrected chi connectivity index (χ2v) is 7.92. The Bertz CT molecular complexity index is 1040. The molecule has 27 heavy (non-hydrogen) atoms. The third-order valence-corrected chi connectivity index (χ3v) is 6.31. The first-order valence-electron chi connectivity index (χ1n) is 9.00. The first-order chi connectivity index (χ1) is 13.0. The molecule has 0 saturated carbocycles. The molecular weight excluding hydrogens is 364 g/mol. The first-order valence-corrected chi connectivity index (χ1v) is 9.81. The minimum atomic E-state index is -0.413. The van der Waals surface area contributed by atoms with Crippen LogP contribution in [0.25, 0.3) is 16.2 Å². The average molecular weight is 384 g/mol. The number of carbonyl (C=O) groups is 1. The molecule has 8 heteroatoms. The maximum atomic E-state index is 13.0. The SMILES string of the molecule is Cc1c(C(=O)N2CCCC[C@@H]2C)sc2nc(-c3cccc([N+](=O)[O-])c3)cn12. The van der Waals surface area contributed by atoms with E-state index >= 15 is 0 Å². The molecule has 1 aliphatic heterocycles. The van der Waals surface area contributed by atoms with Crippen molar-refractivity contribution in [2.45, 2.75) is 39.2 Å². The van der Waals surface area contributed by atoms with Gasteiger partial charge in [0, 0.05) is 42.2 Å². The molecule has 0 spiro atoms. The summed E-state index contributed by atoms with van der Waals surface area (Å²) in [5.41, 5.74) is 2.26. The number of aromatic nitrogens is 2. The standard InChI is InChI=1S/C19H20N4O3S/c1-12-6-3-4-9-21(12)18(24)17-13(2)22-11-16(20-19(22)27-17)14-7-5-8-15(10-14)23(25)26/h5,7-8,10-12H,3-4,6,9H2,1-2H3/t12-/m0/s1. The highest BCUT2D eigenvalue weighted by atomic mass is 32.1. The van der Waals surface area contributed by atoms with Gasteiger partial charge in [0.1, 0.15) is 4.88 Å². The number of nitro groups is 1. The second kappa shape index (κ2) is 6.77. The van der Waals surface area contributed by atoms with Gasteiger partial charge in [-0.1, -0.05) is 23.5 Å². The Kier molecular flexibility index (Phi) is 4.43. The van der Waals surface area contributed by atoms with E-state index in [1.807, 2.05) is 22.4 Å². The van der Waals surface area contributed by atoms with Crippen molar-refractivity contribution in [2.24, 2.45) is 0 Å². The number of fused-ring (bicyclic) bond motifs is 1. The largest absolute Gasteiger partial charge is 0.335 e. The lowest BCUT2D eigenvalue weighted by Crippen LogP contribution is -2.41. The molecule has 0 unspecified atom stereocenters. The molecule has 3 aromatic rings. The topological polar surface area (TPSA) is 80.8 Å². The molecule has 0 bridgehead atoms. The Morgan fingerprint density at radius 1 is 1.37 bits per heavy atom. The van der Waals surface area contributed by atoms with Crippen molar-refractivity contribution in [3.05, 3.63) is 51.1 Å². The molecule has 4 rings (SSSR count). The Balaban J connectivity index is 1.69. The second-order valence-electron chi connectivity index (χ2n) is 6.95. The van der Waals surface area contributed by atoms with Crippen LogP contribution in [0.1, 0.15) is 41.6 Å². The summed E-state index contributed by atoms with van der Waals surface area (Å²) in [6.07, 6.45) is 5.11. The molecule has 1 atom stereocenters. The quantitative estimate of drug-likeness (QED) is 0.498. The van der Waals surface area contributed by atoms with Gasteiger partial charge in [-0.3, -0.25) is 19.3 Å². The zero-order valence-corrected chi connectivity index (χ0v) is 16.0. The van der Waals surface area contributed by atoms with Gasteiger partial charge in [-0.2, -0.15) is 0 Å². The summed E-state index contributed by atoms with van der Waals surface area (Å²) >= 11 is 1.38. The van der Waals surface area contributed by atoms with E-state index in [1.165, 1.54) is 29.9 Å². The molecule has 1 saturated heterocycles. The highest BCUT2D eigenvalue weighted by molar-refractivity contribution is 7.19. The summed E-state index contributed by atoms with van der Waals surface area (Å²) < 4.78 is 1.90. The van der Waals surface area contributed by atoms with Gasteiger partial charge in [0.2, 0.25) is 0 Å². The number of hydrogen-bond donors (Lipinski definition) is 0. The van der Waals surface area contributed by atoms with Crippen LogP contribution in [0.4, 0.5) is 5.69 Å². The molecule has 3 heterocycles. The normalized spacial score (nSPS) is 17.4. The minimum absolute atomic E-state index is 0.0375. The minimum Gasteiger partial charge on any atom is -0.335 e. The molecule has 0 N–H and O–H groups in total. The first kappa shape index (κ1) is 17.7. The smallest absolute Gasteiger partial charge is 0.270 e. The maximum Gasteiger partial charge on any atom is 0.270 e. The van der Waals surface area contributed by atoms with Crippen LogP contribution in [-0.4, -0.2) is 37.7 Å². The van der Waals surface area contributed by atoms with Crippen LogP contribution in [0.2, 0.25) is 0 Å². The number of aryl methyl sites for hydroxylation is 1. The molecule has 2 aromatic heterocycles. The number of nitro benzene ring substituents is 1. The Labute approximate surface area is 160 Å². The lowest BCUT2D eigenvalue weighted by Gasteiger charge is -2.33. The van der Waals surface area contributed by atoms with Gasteiger partial charge in [-0.05, 0) is 33.1 Å². The maximum absolute atomic E-state index is 13.0. The molecule has 0 aliphatic carbocycles. The molecule has 1 fully saturated rings. The van der Waals surface area contributed by atoms with E-state index in [2.05, 4.69) is 11.9 Å². The number of non-ortho nitro benzene ring substituents is 1. The van der Waals surface area contributed by atoms with Crippen molar-refractivity contribution in [1.82, 2.24) is 14.3 Å². The number of likely N-dealkylation sites (tertiary alicyclic amines) is 1.